The van der Waals surface area contributed by atoms with Gasteiger partial charge in [-0.15, -0.1) is 11.8 Å². The predicted octanol–water partition coefficient (Wildman–Crippen LogP) is 2.11. The van der Waals surface area contributed by atoms with Gasteiger partial charge in [0.15, 0.2) is 5.82 Å². The van der Waals surface area contributed by atoms with Gasteiger partial charge in [-0.2, -0.15) is 0 Å². The van der Waals surface area contributed by atoms with E-state index in [1.54, 1.807) is 0 Å². The normalized spacial score (nSPS) is 27.9. The van der Waals surface area contributed by atoms with Crippen LogP contribution >= 0.6 is 11.8 Å². The van der Waals surface area contributed by atoms with Gasteiger partial charge in [0.2, 0.25) is 5.95 Å². The van der Waals surface area contributed by atoms with E-state index >= 15 is 0 Å². The van der Waals surface area contributed by atoms with Crippen molar-refractivity contribution in [1.29, 1.82) is 0 Å². The summed E-state index contributed by atoms with van der Waals surface area (Å²) in [4.78, 5) is 10.2. The van der Waals surface area contributed by atoms with Gasteiger partial charge in [0.1, 0.15) is 0 Å². The standard InChI is InChI=1S/C14H18FN3OS/c15-11-4-16-13(17-5-11)18-8-14(9-18)3-12(7-20-14)19-6-10-1-2-10/h4-5,10,12H,1-3,6-9H2/t12-/m0/s1. The molecule has 6 heteroatoms. The quantitative estimate of drug-likeness (QED) is 0.850. The maximum atomic E-state index is 12.8. The Morgan fingerprint density at radius 2 is 2.10 bits per heavy atom. The summed E-state index contributed by atoms with van der Waals surface area (Å²) >= 11 is 2.02. The summed E-state index contributed by atoms with van der Waals surface area (Å²) in [5, 5.41) is 0. The van der Waals surface area contributed by atoms with Crippen molar-refractivity contribution in [3.8, 4) is 0 Å². The maximum Gasteiger partial charge on any atom is 0.225 e. The molecule has 4 nitrogen and oxygen atoms in total. The summed E-state index contributed by atoms with van der Waals surface area (Å²) in [6.07, 6.45) is 6.70. The number of hydrogen-bond donors (Lipinski definition) is 0. The molecule has 108 valence electrons. The lowest BCUT2D eigenvalue weighted by molar-refractivity contribution is 0.0528. The smallest absolute Gasteiger partial charge is 0.225 e. The van der Waals surface area contributed by atoms with E-state index in [1.807, 2.05) is 11.8 Å². The average molecular weight is 295 g/mol. The van der Waals surface area contributed by atoms with Gasteiger partial charge < -0.3 is 9.64 Å². The van der Waals surface area contributed by atoms with Crippen LogP contribution in [0, 0.1) is 11.7 Å². The van der Waals surface area contributed by atoms with E-state index in [-0.39, 0.29) is 5.82 Å². The van der Waals surface area contributed by atoms with Crippen molar-refractivity contribution in [2.24, 2.45) is 5.92 Å². The van der Waals surface area contributed by atoms with Crippen molar-refractivity contribution in [1.82, 2.24) is 9.97 Å². The zero-order valence-electron chi connectivity index (χ0n) is 11.3. The first kappa shape index (κ1) is 12.8. The molecule has 3 heterocycles. The Morgan fingerprint density at radius 1 is 1.35 bits per heavy atom. The molecule has 4 rings (SSSR count). The van der Waals surface area contributed by atoms with Crippen LogP contribution in [-0.4, -0.2) is 46.3 Å². The molecule has 3 aliphatic rings. The number of ether oxygens (including phenoxy) is 1. The van der Waals surface area contributed by atoms with Gasteiger partial charge in [-0.3, -0.25) is 0 Å². The van der Waals surface area contributed by atoms with Crippen LogP contribution in [0.15, 0.2) is 12.4 Å². The first-order chi connectivity index (χ1) is 9.72. The summed E-state index contributed by atoms with van der Waals surface area (Å²) in [6, 6.07) is 0. The highest BCUT2D eigenvalue weighted by Gasteiger charge is 2.50. The highest BCUT2D eigenvalue weighted by atomic mass is 32.2. The third-order valence-electron chi connectivity index (χ3n) is 4.29. The molecule has 20 heavy (non-hydrogen) atoms. The molecule has 0 radical (unpaired) electrons. The second kappa shape index (κ2) is 4.84. The fraction of sp³-hybridized carbons (Fsp3) is 0.714. The Hall–Kier alpha value is -0.880. The summed E-state index contributed by atoms with van der Waals surface area (Å²) < 4.78 is 19.1. The molecule has 0 N–H and O–H groups in total. The summed E-state index contributed by atoms with van der Waals surface area (Å²) in [5.41, 5.74) is 0. The highest BCUT2D eigenvalue weighted by Crippen LogP contribution is 2.47. The minimum atomic E-state index is -0.382. The average Bonchev–Trinajstić information content (AvgIpc) is 3.14. The second-order valence-electron chi connectivity index (χ2n) is 6.15. The number of anilines is 1. The molecule has 2 saturated heterocycles. The maximum absolute atomic E-state index is 12.8. The molecular weight excluding hydrogens is 277 g/mol. The van der Waals surface area contributed by atoms with E-state index in [1.165, 1.54) is 25.2 Å². The lowest BCUT2D eigenvalue weighted by Crippen LogP contribution is -2.59. The molecule has 1 atom stereocenters. The third-order valence-corrected chi connectivity index (χ3v) is 5.86. The molecule has 0 aromatic carbocycles. The number of hydrogen-bond acceptors (Lipinski definition) is 5. The van der Waals surface area contributed by atoms with Crippen molar-refractivity contribution in [3.63, 3.8) is 0 Å². The number of thioether (sulfide) groups is 1. The fourth-order valence-electron chi connectivity index (χ4n) is 2.95. The Labute approximate surface area is 122 Å². The molecule has 0 amide bonds. The van der Waals surface area contributed by atoms with Crippen LogP contribution in [0.2, 0.25) is 0 Å². The second-order valence-corrected chi connectivity index (χ2v) is 7.64. The number of halogens is 1. The Kier molecular flexibility index (Phi) is 3.11. The first-order valence-electron chi connectivity index (χ1n) is 7.21. The van der Waals surface area contributed by atoms with Crippen LogP contribution in [0.5, 0.6) is 0 Å². The van der Waals surface area contributed by atoms with Crippen molar-refractivity contribution in [2.45, 2.75) is 30.1 Å². The Morgan fingerprint density at radius 3 is 2.80 bits per heavy atom. The molecule has 2 aliphatic heterocycles. The van der Waals surface area contributed by atoms with Crippen LogP contribution in [0.3, 0.4) is 0 Å². The molecule has 1 aromatic rings. The topological polar surface area (TPSA) is 38.2 Å². The zero-order chi connectivity index (χ0) is 13.6. The number of nitrogens with zero attached hydrogens (tertiary/aromatic N) is 3. The molecule has 3 fully saturated rings. The van der Waals surface area contributed by atoms with Crippen molar-refractivity contribution >= 4 is 17.7 Å². The lowest BCUT2D eigenvalue weighted by Gasteiger charge is -2.47. The van der Waals surface area contributed by atoms with Crippen LogP contribution in [0.25, 0.3) is 0 Å². The molecule has 1 spiro atoms. The van der Waals surface area contributed by atoms with Crippen LogP contribution in [0.4, 0.5) is 10.3 Å². The van der Waals surface area contributed by atoms with Crippen molar-refractivity contribution in [2.75, 3.05) is 30.3 Å². The molecule has 1 aromatic heterocycles. The van der Waals surface area contributed by atoms with Gasteiger partial charge >= 0.3 is 0 Å². The monoisotopic (exact) mass is 295 g/mol. The summed E-state index contributed by atoms with van der Waals surface area (Å²) in [6.45, 7) is 2.85. The van der Waals surface area contributed by atoms with Crippen molar-refractivity contribution in [3.05, 3.63) is 18.2 Å². The Bertz CT molecular complexity index is 488. The molecule has 0 bridgehead atoms. The van der Waals surface area contributed by atoms with E-state index < -0.39 is 0 Å². The fourth-order valence-corrected chi connectivity index (χ4v) is 4.50. The molecule has 1 aliphatic carbocycles. The summed E-state index contributed by atoms with van der Waals surface area (Å²) in [7, 11) is 0. The van der Waals surface area contributed by atoms with Gasteiger partial charge in [-0.05, 0) is 25.2 Å². The van der Waals surface area contributed by atoms with E-state index in [0.29, 0.717) is 16.8 Å². The lowest BCUT2D eigenvalue weighted by atomic mass is 9.93. The van der Waals surface area contributed by atoms with Crippen LogP contribution < -0.4 is 4.90 Å². The minimum Gasteiger partial charge on any atom is -0.377 e. The number of aromatic nitrogens is 2. The zero-order valence-corrected chi connectivity index (χ0v) is 12.1. The highest BCUT2D eigenvalue weighted by molar-refractivity contribution is 8.01. The van der Waals surface area contributed by atoms with E-state index in [2.05, 4.69) is 14.9 Å². The van der Waals surface area contributed by atoms with Gasteiger partial charge in [0.25, 0.3) is 0 Å². The molecular formula is C14H18FN3OS. The van der Waals surface area contributed by atoms with Crippen LogP contribution in [0.1, 0.15) is 19.3 Å². The summed E-state index contributed by atoms with van der Waals surface area (Å²) in [5.74, 6) is 2.19. The Balaban J connectivity index is 1.30. The van der Waals surface area contributed by atoms with Gasteiger partial charge in [-0.1, -0.05) is 0 Å². The van der Waals surface area contributed by atoms with Crippen LogP contribution in [-0.2, 0) is 4.74 Å². The third kappa shape index (κ3) is 2.51. The van der Waals surface area contributed by atoms with E-state index in [4.69, 9.17) is 4.74 Å². The van der Waals surface area contributed by atoms with Gasteiger partial charge in [0, 0.05) is 25.4 Å². The van der Waals surface area contributed by atoms with E-state index in [0.717, 1.165) is 37.8 Å². The van der Waals surface area contributed by atoms with Gasteiger partial charge in [-0.25, -0.2) is 14.4 Å². The predicted molar refractivity (Wildman–Crippen MR) is 76.5 cm³/mol. The van der Waals surface area contributed by atoms with Crippen molar-refractivity contribution < 1.29 is 9.13 Å². The SMILES string of the molecule is Fc1cnc(N2CC3(C[C@H](OCC4CC4)CS3)C2)nc1. The largest absolute Gasteiger partial charge is 0.377 e. The number of rotatable bonds is 4. The first-order valence-corrected chi connectivity index (χ1v) is 8.19. The minimum absolute atomic E-state index is 0.311. The molecule has 0 unspecified atom stereocenters. The van der Waals surface area contributed by atoms with E-state index in [9.17, 15) is 4.39 Å². The molecule has 1 saturated carbocycles. The van der Waals surface area contributed by atoms with Gasteiger partial charge in [0.05, 0.1) is 23.2 Å².